The molecule has 0 radical (unpaired) electrons. The van der Waals surface area contributed by atoms with E-state index in [1.165, 1.54) is 32.9 Å². The van der Waals surface area contributed by atoms with Crippen molar-refractivity contribution in [2.24, 2.45) is 0 Å². The molecule has 1 aliphatic rings. The van der Waals surface area contributed by atoms with E-state index >= 15 is 0 Å². The molecule has 0 bridgehead atoms. The molecule has 0 saturated heterocycles. The summed E-state index contributed by atoms with van der Waals surface area (Å²) in [4.78, 5) is 14.4. The number of para-hydroxylation sites is 1. The Bertz CT molecular complexity index is 1130. The van der Waals surface area contributed by atoms with E-state index in [1.54, 1.807) is 0 Å². The molecule has 0 aliphatic carbocycles. The van der Waals surface area contributed by atoms with Gasteiger partial charge in [0.1, 0.15) is 5.82 Å². The summed E-state index contributed by atoms with van der Waals surface area (Å²) in [6.07, 6.45) is 1.87. The highest BCUT2D eigenvalue weighted by Crippen LogP contribution is 2.46. The molecule has 3 nitrogen and oxygen atoms in total. The topological polar surface area (TPSA) is 38.0 Å². The smallest absolute Gasteiger partial charge is 0.187 e. The highest BCUT2D eigenvalue weighted by atomic mass is 28.2. The van der Waals surface area contributed by atoms with Crippen LogP contribution in [-0.4, -0.2) is 24.1 Å². The maximum atomic E-state index is 9.66. The van der Waals surface area contributed by atoms with Gasteiger partial charge in [-0.1, -0.05) is 50.2 Å². The quantitative estimate of drug-likeness (QED) is 0.545. The van der Waals surface area contributed by atoms with Crippen LogP contribution in [0.15, 0.2) is 54.7 Å². The number of fused-ring (bicyclic) bond motifs is 5. The van der Waals surface area contributed by atoms with Gasteiger partial charge in [0.25, 0.3) is 0 Å². The number of benzene rings is 2. The lowest BCUT2D eigenvalue weighted by Gasteiger charge is -2.33. The minimum atomic E-state index is -1.16. The summed E-state index contributed by atoms with van der Waals surface area (Å²) in [6.45, 7) is 4.55. The minimum absolute atomic E-state index is 0.0813. The Balaban J connectivity index is 2.08. The largest absolute Gasteiger partial charge is 0.433 e. The third kappa shape index (κ3) is 1.57. The molecule has 4 aromatic rings. The Labute approximate surface area is 142 Å². The van der Waals surface area contributed by atoms with E-state index in [4.69, 9.17) is 4.98 Å². The number of nitrogens with zero attached hydrogens (tertiary/aromatic N) is 2. The van der Waals surface area contributed by atoms with Crippen molar-refractivity contribution in [3.63, 3.8) is 0 Å². The number of aromatic nitrogens is 2. The molecule has 5 rings (SSSR count). The molecular formula is C20H18N2OSi. The van der Waals surface area contributed by atoms with Crippen LogP contribution < -0.4 is 5.19 Å². The molecule has 4 heteroatoms. The highest BCUT2D eigenvalue weighted by Gasteiger charge is 2.35. The van der Waals surface area contributed by atoms with Gasteiger partial charge in [0.2, 0.25) is 0 Å². The van der Waals surface area contributed by atoms with Crippen molar-refractivity contribution in [1.82, 2.24) is 9.55 Å². The summed E-state index contributed by atoms with van der Waals surface area (Å²) in [5, 5.41) is 3.53. The van der Waals surface area contributed by atoms with Crippen LogP contribution in [-0.2, 0) is 5.41 Å². The third-order valence-electron chi connectivity index (χ3n) is 5.38. The molecule has 0 fully saturated rings. The van der Waals surface area contributed by atoms with E-state index < -0.39 is 9.76 Å². The Morgan fingerprint density at radius 3 is 2.67 bits per heavy atom. The first-order chi connectivity index (χ1) is 11.6. The van der Waals surface area contributed by atoms with Crippen molar-refractivity contribution < 1.29 is 4.80 Å². The van der Waals surface area contributed by atoms with Crippen molar-refractivity contribution in [1.29, 1.82) is 0 Å². The first kappa shape index (κ1) is 14.0. The van der Waals surface area contributed by atoms with Crippen molar-refractivity contribution >= 4 is 36.8 Å². The van der Waals surface area contributed by atoms with Crippen molar-refractivity contribution in [2.45, 2.75) is 19.3 Å². The molecular weight excluding hydrogens is 312 g/mol. The van der Waals surface area contributed by atoms with Crippen LogP contribution in [0, 0.1) is 0 Å². The Morgan fingerprint density at radius 1 is 1.00 bits per heavy atom. The zero-order valence-corrected chi connectivity index (χ0v) is 15.2. The molecule has 1 aliphatic heterocycles. The van der Waals surface area contributed by atoms with Gasteiger partial charge >= 0.3 is 0 Å². The van der Waals surface area contributed by atoms with Crippen molar-refractivity contribution in [3.8, 4) is 5.82 Å². The lowest BCUT2D eigenvalue weighted by Crippen LogP contribution is -2.26. The van der Waals surface area contributed by atoms with Gasteiger partial charge < -0.3 is 4.80 Å². The van der Waals surface area contributed by atoms with Gasteiger partial charge in [-0.3, -0.25) is 4.57 Å². The second-order valence-corrected chi connectivity index (χ2v) is 8.18. The Kier molecular flexibility index (Phi) is 2.65. The third-order valence-corrected chi connectivity index (χ3v) is 6.18. The number of pyridine rings is 1. The van der Waals surface area contributed by atoms with Crippen LogP contribution in [0.25, 0.3) is 27.6 Å². The lowest BCUT2D eigenvalue weighted by atomic mass is 9.76. The predicted octanol–water partition coefficient (Wildman–Crippen LogP) is 2.52. The fourth-order valence-electron chi connectivity index (χ4n) is 4.15. The van der Waals surface area contributed by atoms with Crippen molar-refractivity contribution in [3.05, 3.63) is 65.9 Å². The number of rotatable bonds is 1. The molecule has 0 amide bonds. The molecule has 3 heterocycles. The summed E-state index contributed by atoms with van der Waals surface area (Å²) in [7, 11) is -1.16. The fraction of sp³-hybridized carbons (Fsp3) is 0.150. The zero-order chi connectivity index (χ0) is 16.5. The highest BCUT2D eigenvalue weighted by molar-refractivity contribution is 6.46. The van der Waals surface area contributed by atoms with E-state index in [2.05, 4.69) is 60.9 Å². The summed E-state index contributed by atoms with van der Waals surface area (Å²) in [6, 6.07) is 17.1. The van der Waals surface area contributed by atoms with Gasteiger partial charge in [-0.05, 0) is 22.9 Å². The summed E-state index contributed by atoms with van der Waals surface area (Å²) in [5.41, 5.74) is 4.92. The maximum Gasteiger partial charge on any atom is 0.187 e. The lowest BCUT2D eigenvalue weighted by molar-refractivity contribution is 0.615. The van der Waals surface area contributed by atoms with Crippen LogP contribution in [0.5, 0.6) is 0 Å². The maximum absolute atomic E-state index is 9.66. The molecule has 0 atom stereocenters. The SMILES string of the molecule is CC1(C)c2cccnc2-n2c3ccc([SiH2]O)cc3c3cccc1c32. The van der Waals surface area contributed by atoms with Crippen LogP contribution in [0.3, 0.4) is 0 Å². The van der Waals surface area contributed by atoms with Crippen LogP contribution >= 0.6 is 0 Å². The first-order valence-electron chi connectivity index (χ1n) is 8.26. The second kappa shape index (κ2) is 4.56. The van der Waals surface area contributed by atoms with E-state index in [0.717, 1.165) is 11.0 Å². The molecule has 0 spiro atoms. The summed E-state index contributed by atoms with van der Waals surface area (Å²) in [5.74, 6) is 1.02. The summed E-state index contributed by atoms with van der Waals surface area (Å²) < 4.78 is 2.29. The average molecular weight is 330 g/mol. The van der Waals surface area contributed by atoms with Gasteiger partial charge in [-0.25, -0.2) is 4.98 Å². The number of hydrogen-bond donors (Lipinski definition) is 1. The van der Waals surface area contributed by atoms with Gasteiger partial charge in [-0.15, -0.1) is 0 Å². The number of hydrogen-bond acceptors (Lipinski definition) is 2. The Morgan fingerprint density at radius 2 is 1.83 bits per heavy atom. The molecule has 118 valence electrons. The Hall–Kier alpha value is -2.43. The van der Waals surface area contributed by atoms with E-state index in [-0.39, 0.29) is 5.41 Å². The minimum Gasteiger partial charge on any atom is -0.433 e. The predicted molar refractivity (Wildman–Crippen MR) is 101 cm³/mol. The first-order valence-corrected chi connectivity index (χ1v) is 9.60. The zero-order valence-electron chi connectivity index (χ0n) is 13.7. The average Bonchev–Trinajstić information content (AvgIpc) is 2.94. The van der Waals surface area contributed by atoms with Gasteiger partial charge in [0.05, 0.1) is 11.0 Å². The van der Waals surface area contributed by atoms with E-state index in [9.17, 15) is 4.80 Å². The summed E-state index contributed by atoms with van der Waals surface area (Å²) >= 11 is 0. The molecule has 2 aromatic heterocycles. The molecule has 0 saturated carbocycles. The van der Waals surface area contributed by atoms with Crippen LogP contribution in [0.1, 0.15) is 25.0 Å². The van der Waals surface area contributed by atoms with E-state index in [1.807, 2.05) is 12.3 Å². The monoisotopic (exact) mass is 330 g/mol. The fourth-order valence-corrected chi connectivity index (χ4v) is 4.67. The van der Waals surface area contributed by atoms with Gasteiger partial charge in [0, 0.05) is 27.9 Å². The normalized spacial score (nSPS) is 15.5. The van der Waals surface area contributed by atoms with Gasteiger partial charge in [-0.2, -0.15) is 0 Å². The standard InChI is InChI=1S/C20H18N2OSi/c1-20(2)15-6-3-5-13-14-11-12(24-23)8-9-17(14)22(18(13)15)19-16(20)7-4-10-21-19/h3-11,23H,24H2,1-2H3. The molecule has 1 N–H and O–H groups in total. The molecule has 2 aromatic carbocycles. The van der Waals surface area contributed by atoms with Gasteiger partial charge in [0.15, 0.2) is 9.76 Å². The molecule has 0 unspecified atom stereocenters. The molecule has 24 heavy (non-hydrogen) atoms. The van der Waals surface area contributed by atoms with Crippen molar-refractivity contribution in [2.75, 3.05) is 0 Å². The van der Waals surface area contributed by atoms with E-state index in [0.29, 0.717) is 0 Å². The van der Waals surface area contributed by atoms with Crippen LogP contribution in [0.2, 0.25) is 0 Å². The second-order valence-electron chi connectivity index (χ2n) is 7.05. The van der Waals surface area contributed by atoms with Crippen LogP contribution in [0.4, 0.5) is 0 Å².